The predicted molar refractivity (Wildman–Crippen MR) is 123 cm³/mol. The van der Waals surface area contributed by atoms with Crippen LogP contribution in [0.15, 0.2) is 59.7 Å². The summed E-state index contributed by atoms with van der Waals surface area (Å²) < 4.78 is 16.9. The van der Waals surface area contributed by atoms with E-state index >= 15 is 0 Å². The van der Waals surface area contributed by atoms with Crippen molar-refractivity contribution in [2.24, 2.45) is 10.5 Å². The van der Waals surface area contributed by atoms with Gasteiger partial charge in [0.05, 0.1) is 19.4 Å². The van der Waals surface area contributed by atoms with E-state index in [9.17, 15) is 14.9 Å². The highest BCUT2D eigenvalue weighted by Crippen LogP contribution is 2.59. The first kappa shape index (κ1) is 23.5. The number of nitriles is 1. The van der Waals surface area contributed by atoms with E-state index in [0.29, 0.717) is 5.56 Å². The maximum Gasteiger partial charge on any atom is 0.326 e. The zero-order valence-corrected chi connectivity index (χ0v) is 19.4. The van der Waals surface area contributed by atoms with Crippen LogP contribution in [-0.2, 0) is 23.8 Å². The second-order valence-corrected chi connectivity index (χ2v) is 8.21. The monoisotopic (exact) mass is 461 g/mol. The largest absolute Gasteiger partial charge is 0.465 e. The van der Waals surface area contributed by atoms with Gasteiger partial charge in [-0.2, -0.15) is 10.4 Å². The van der Waals surface area contributed by atoms with Gasteiger partial charge >= 0.3 is 11.9 Å². The summed E-state index contributed by atoms with van der Waals surface area (Å²) in [6, 6.07) is 17.9. The molecule has 2 aromatic rings. The van der Waals surface area contributed by atoms with Crippen molar-refractivity contribution in [3.05, 3.63) is 71.3 Å². The van der Waals surface area contributed by atoms with Gasteiger partial charge in [-0.25, -0.2) is 5.01 Å². The Morgan fingerprint density at radius 3 is 2.26 bits per heavy atom. The SMILES string of the molecule is CCOC(=O)C1(C(=O)OCC)C[C@H](c2ccccc2)C(C#N)(OC)N2N=Cc3ccccc3[C@H]21. The average Bonchev–Trinajstić information content (AvgIpc) is 2.88. The standard InChI is InChI=1S/C26H27N3O5/c1-4-33-23(30)25(24(31)34-5-2)15-21(18-11-7-6-8-12-18)26(17-27,32-3)29-22(25)20-14-10-9-13-19(20)16-28-29/h6-14,16,21-22H,4-5,15H2,1-3H3/t21-,22+,26?/m1/s1. The topological polar surface area (TPSA) is 101 Å². The normalized spacial score (nSPS) is 24.4. The lowest BCUT2D eigenvalue weighted by Gasteiger charge is -2.56. The molecule has 0 spiro atoms. The Labute approximate surface area is 198 Å². The second kappa shape index (κ2) is 9.27. The minimum Gasteiger partial charge on any atom is -0.465 e. The minimum absolute atomic E-state index is 0.0545. The smallest absolute Gasteiger partial charge is 0.326 e. The number of methoxy groups -OCH3 is 1. The molecule has 8 heteroatoms. The molecule has 3 atom stereocenters. The molecule has 8 nitrogen and oxygen atoms in total. The number of carbonyl (C=O) groups is 2. The van der Waals surface area contributed by atoms with Gasteiger partial charge < -0.3 is 14.2 Å². The van der Waals surface area contributed by atoms with Crippen molar-refractivity contribution in [2.75, 3.05) is 20.3 Å². The highest BCUT2D eigenvalue weighted by Gasteiger charge is 2.69. The minimum atomic E-state index is -1.78. The number of fused-ring (bicyclic) bond motifs is 3. The Kier molecular flexibility index (Phi) is 6.40. The number of hydrazone groups is 1. The van der Waals surface area contributed by atoms with Crippen LogP contribution in [0.2, 0.25) is 0 Å². The molecule has 34 heavy (non-hydrogen) atoms. The van der Waals surface area contributed by atoms with Crippen molar-refractivity contribution in [3.8, 4) is 6.07 Å². The molecule has 0 N–H and O–H groups in total. The molecule has 176 valence electrons. The van der Waals surface area contributed by atoms with Gasteiger partial charge in [-0.15, -0.1) is 0 Å². The van der Waals surface area contributed by atoms with Crippen LogP contribution >= 0.6 is 0 Å². The Morgan fingerprint density at radius 2 is 1.68 bits per heavy atom. The van der Waals surface area contributed by atoms with E-state index in [1.54, 1.807) is 20.1 Å². The Bertz CT molecular complexity index is 1120. The molecule has 4 rings (SSSR count). The fourth-order valence-electron chi connectivity index (χ4n) is 5.12. The van der Waals surface area contributed by atoms with Gasteiger partial charge in [0.2, 0.25) is 0 Å². The van der Waals surface area contributed by atoms with Crippen LogP contribution in [-0.4, -0.2) is 49.2 Å². The van der Waals surface area contributed by atoms with Crippen molar-refractivity contribution in [3.63, 3.8) is 0 Å². The van der Waals surface area contributed by atoms with Crippen LogP contribution < -0.4 is 0 Å². The summed E-state index contributed by atoms with van der Waals surface area (Å²) in [6.45, 7) is 3.55. The van der Waals surface area contributed by atoms with E-state index in [1.165, 1.54) is 12.1 Å². The van der Waals surface area contributed by atoms with Gasteiger partial charge in [0, 0.05) is 13.0 Å². The number of nitrogens with zero attached hydrogens (tertiary/aromatic N) is 3. The molecule has 1 saturated heterocycles. The molecule has 2 heterocycles. The van der Waals surface area contributed by atoms with Crippen LogP contribution in [0.3, 0.4) is 0 Å². The summed E-state index contributed by atoms with van der Waals surface area (Å²) >= 11 is 0. The quantitative estimate of drug-likeness (QED) is 0.479. The maximum absolute atomic E-state index is 13.7. The molecule has 2 aromatic carbocycles. The summed E-state index contributed by atoms with van der Waals surface area (Å²) in [7, 11) is 1.44. The van der Waals surface area contributed by atoms with E-state index in [-0.39, 0.29) is 19.6 Å². The van der Waals surface area contributed by atoms with Crippen molar-refractivity contribution in [1.82, 2.24) is 5.01 Å². The Hall–Kier alpha value is -3.70. The lowest BCUT2D eigenvalue weighted by molar-refractivity contribution is -0.216. The molecule has 0 radical (unpaired) electrons. The van der Waals surface area contributed by atoms with Crippen molar-refractivity contribution < 1.29 is 23.8 Å². The molecular formula is C26H27N3O5. The number of rotatable bonds is 6. The van der Waals surface area contributed by atoms with E-state index in [2.05, 4.69) is 11.2 Å². The fourth-order valence-corrected chi connectivity index (χ4v) is 5.12. The third kappa shape index (κ3) is 3.35. The number of hydrogen-bond donors (Lipinski definition) is 0. The fraction of sp³-hybridized carbons (Fsp3) is 0.385. The van der Waals surface area contributed by atoms with Gasteiger partial charge in [-0.1, -0.05) is 54.6 Å². The van der Waals surface area contributed by atoms with Gasteiger partial charge in [-0.05, 0) is 37.0 Å². The lowest BCUT2D eigenvalue weighted by atomic mass is 9.62. The average molecular weight is 462 g/mol. The maximum atomic E-state index is 13.7. The first-order valence-corrected chi connectivity index (χ1v) is 11.3. The van der Waals surface area contributed by atoms with Crippen LogP contribution in [0.1, 0.15) is 48.9 Å². The third-order valence-electron chi connectivity index (χ3n) is 6.61. The molecule has 2 aliphatic rings. The molecule has 0 bridgehead atoms. The summed E-state index contributed by atoms with van der Waals surface area (Å²) in [4.78, 5) is 27.5. The number of carbonyl (C=O) groups excluding carboxylic acids is 2. The summed E-state index contributed by atoms with van der Waals surface area (Å²) in [5.41, 5.74) is -1.22. The Morgan fingerprint density at radius 1 is 1.06 bits per heavy atom. The molecule has 2 aliphatic heterocycles. The molecule has 0 saturated carbocycles. The van der Waals surface area contributed by atoms with E-state index in [1.807, 2.05) is 54.6 Å². The third-order valence-corrected chi connectivity index (χ3v) is 6.61. The van der Waals surface area contributed by atoms with E-state index in [0.717, 1.165) is 11.1 Å². The first-order chi connectivity index (χ1) is 16.5. The predicted octanol–water partition coefficient (Wildman–Crippen LogP) is 3.54. The first-order valence-electron chi connectivity index (χ1n) is 11.3. The highest BCUT2D eigenvalue weighted by molar-refractivity contribution is 6.02. The number of esters is 2. The summed E-state index contributed by atoms with van der Waals surface area (Å²) in [5, 5.41) is 16.5. The molecular weight excluding hydrogens is 434 g/mol. The van der Waals surface area contributed by atoms with Crippen molar-refractivity contribution >= 4 is 18.2 Å². The zero-order chi connectivity index (χ0) is 24.3. The van der Waals surface area contributed by atoms with Crippen molar-refractivity contribution in [2.45, 2.75) is 38.0 Å². The zero-order valence-electron chi connectivity index (χ0n) is 19.4. The van der Waals surface area contributed by atoms with Gasteiger partial charge in [0.15, 0.2) is 5.41 Å². The number of benzene rings is 2. The number of piperidine rings is 1. The Balaban J connectivity index is 2.05. The lowest BCUT2D eigenvalue weighted by Crippen LogP contribution is -2.66. The number of ether oxygens (including phenoxy) is 3. The van der Waals surface area contributed by atoms with E-state index < -0.39 is 35.0 Å². The number of hydrogen-bond acceptors (Lipinski definition) is 8. The molecule has 1 fully saturated rings. The second-order valence-electron chi connectivity index (χ2n) is 8.21. The van der Waals surface area contributed by atoms with Crippen LogP contribution in [0.5, 0.6) is 0 Å². The van der Waals surface area contributed by atoms with Gasteiger partial charge in [0.1, 0.15) is 12.1 Å². The molecule has 0 amide bonds. The van der Waals surface area contributed by atoms with Crippen molar-refractivity contribution in [1.29, 1.82) is 5.26 Å². The van der Waals surface area contributed by atoms with Gasteiger partial charge in [-0.3, -0.25) is 9.59 Å². The molecule has 0 aromatic heterocycles. The summed E-state index contributed by atoms with van der Waals surface area (Å²) in [6.07, 6.45) is 1.56. The van der Waals surface area contributed by atoms with Crippen LogP contribution in [0.25, 0.3) is 0 Å². The highest BCUT2D eigenvalue weighted by atomic mass is 16.6. The summed E-state index contributed by atoms with van der Waals surface area (Å²) in [5.74, 6) is -2.13. The van der Waals surface area contributed by atoms with Crippen LogP contribution in [0, 0.1) is 16.7 Å². The molecule has 0 aliphatic carbocycles. The van der Waals surface area contributed by atoms with Gasteiger partial charge in [0.25, 0.3) is 5.72 Å². The van der Waals surface area contributed by atoms with E-state index in [4.69, 9.17) is 14.2 Å². The molecule has 1 unspecified atom stereocenters. The van der Waals surface area contributed by atoms with Crippen LogP contribution in [0.4, 0.5) is 0 Å².